The van der Waals surface area contributed by atoms with Crippen molar-refractivity contribution in [2.45, 2.75) is 46.4 Å². The van der Waals surface area contributed by atoms with E-state index in [1.807, 2.05) is 32.6 Å². The molecule has 0 aliphatic heterocycles. The minimum atomic E-state index is -0.655. The third-order valence-corrected chi connectivity index (χ3v) is 5.21. The standard InChI is InChI=1S/C18H25N3O3S/c1-6-7-24-10-14(22)8-21(11(2)3)9-15-19-17(23)16-12(4)13(5)25-18(16)20-15/h1,11,14,22H,7-10H2,2-5H3,(H,19,20,23). The van der Waals surface area contributed by atoms with Crippen LogP contribution in [0.2, 0.25) is 0 Å². The summed E-state index contributed by atoms with van der Waals surface area (Å²) < 4.78 is 5.18. The van der Waals surface area contributed by atoms with Gasteiger partial charge in [0.25, 0.3) is 5.56 Å². The van der Waals surface area contributed by atoms with Crippen molar-refractivity contribution in [2.75, 3.05) is 19.8 Å². The molecule has 25 heavy (non-hydrogen) atoms. The Kier molecular flexibility index (Phi) is 6.73. The summed E-state index contributed by atoms with van der Waals surface area (Å²) in [7, 11) is 0. The van der Waals surface area contributed by atoms with Crippen molar-refractivity contribution in [1.82, 2.24) is 14.9 Å². The molecule has 1 atom stereocenters. The number of hydrogen-bond donors (Lipinski definition) is 2. The molecular weight excluding hydrogens is 338 g/mol. The number of nitrogens with one attached hydrogen (secondary N) is 1. The summed E-state index contributed by atoms with van der Waals surface area (Å²) in [5, 5.41) is 10.8. The van der Waals surface area contributed by atoms with Crippen molar-refractivity contribution >= 4 is 21.6 Å². The molecule has 0 aliphatic rings. The van der Waals surface area contributed by atoms with Crippen molar-refractivity contribution in [3.8, 4) is 12.3 Å². The van der Waals surface area contributed by atoms with Crippen molar-refractivity contribution in [1.29, 1.82) is 0 Å². The zero-order chi connectivity index (χ0) is 18.6. The van der Waals surface area contributed by atoms with Crippen LogP contribution in [0, 0.1) is 26.2 Å². The lowest BCUT2D eigenvalue weighted by Crippen LogP contribution is -2.39. The van der Waals surface area contributed by atoms with Gasteiger partial charge in [-0.25, -0.2) is 4.98 Å². The molecule has 0 bridgehead atoms. The lowest BCUT2D eigenvalue weighted by atomic mass is 10.2. The Morgan fingerprint density at radius 1 is 1.44 bits per heavy atom. The third kappa shape index (κ3) is 4.89. The first kappa shape index (κ1) is 19.6. The molecule has 2 heterocycles. The summed E-state index contributed by atoms with van der Waals surface area (Å²) in [5.41, 5.74) is 0.880. The van der Waals surface area contributed by atoms with Crippen molar-refractivity contribution in [3.63, 3.8) is 0 Å². The molecule has 0 fully saturated rings. The summed E-state index contributed by atoms with van der Waals surface area (Å²) in [6.07, 6.45) is 4.48. The van der Waals surface area contributed by atoms with Crippen LogP contribution in [0.5, 0.6) is 0 Å². The maximum absolute atomic E-state index is 12.4. The largest absolute Gasteiger partial charge is 0.389 e. The number of thiophene rings is 1. The van der Waals surface area contributed by atoms with Crippen LogP contribution in [0.4, 0.5) is 0 Å². The average Bonchev–Trinajstić information content (AvgIpc) is 2.81. The molecule has 0 aromatic carbocycles. The molecule has 0 saturated carbocycles. The number of rotatable bonds is 8. The second-order valence-electron chi connectivity index (χ2n) is 6.37. The van der Waals surface area contributed by atoms with Crippen LogP contribution < -0.4 is 5.56 Å². The first-order chi connectivity index (χ1) is 11.8. The van der Waals surface area contributed by atoms with E-state index in [-0.39, 0.29) is 24.8 Å². The number of nitrogens with zero attached hydrogens (tertiary/aromatic N) is 2. The number of hydrogen-bond acceptors (Lipinski definition) is 6. The van der Waals surface area contributed by atoms with E-state index < -0.39 is 6.10 Å². The van der Waals surface area contributed by atoms with Gasteiger partial charge in [-0.2, -0.15) is 0 Å². The van der Waals surface area contributed by atoms with Crippen LogP contribution in [0.1, 0.15) is 30.1 Å². The van der Waals surface area contributed by atoms with Crippen molar-refractivity contribution in [3.05, 3.63) is 26.6 Å². The maximum Gasteiger partial charge on any atom is 0.259 e. The zero-order valence-corrected chi connectivity index (χ0v) is 15.9. The summed E-state index contributed by atoms with van der Waals surface area (Å²) >= 11 is 1.53. The van der Waals surface area contributed by atoms with Gasteiger partial charge < -0.3 is 14.8 Å². The third-order valence-electron chi connectivity index (χ3n) is 4.11. The van der Waals surface area contributed by atoms with Gasteiger partial charge in [0.2, 0.25) is 0 Å². The monoisotopic (exact) mass is 363 g/mol. The van der Waals surface area contributed by atoms with Crippen molar-refractivity contribution < 1.29 is 9.84 Å². The summed E-state index contributed by atoms with van der Waals surface area (Å²) in [6.45, 7) is 9.22. The fourth-order valence-electron chi connectivity index (χ4n) is 2.60. The van der Waals surface area contributed by atoms with Gasteiger partial charge in [0.05, 0.1) is 24.6 Å². The molecular formula is C18H25N3O3S. The van der Waals surface area contributed by atoms with E-state index in [9.17, 15) is 9.90 Å². The number of aliphatic hydroxyl groups excluding tert-OH is 1. The van der Waals surface area contributed by atoms with Gasteiger partial charge in [-0.1, -0.05) is 5.92 Å². The molecule has 0 radical (unpaired) electrons. The lowest BCUT2D eigenvalue weighted by molar-refractivity contribution is 0.0186. The zero-order valence-electron chi connectivity index (χ0n) is 15.1. The SMILES string of the molecule is C#CCOCC(O)CN(Cc1nc2sc(C)c(C)c2c(=O)[nH]1)C(C)C. The molecule has 0 saturated heterocycles. The molecule has 6 nitrogen and oxygen atoms in total. The van der Waals surface area contributed by atoms with Gasteiger partial charge in [0.15, 0.2) is 0 Å². The summed E-state index contributed by atoms with van der Waals surface area (Å²) in [4.78, 5) is 23.8. The Labute approximate surface area is 151 Å². The molecule has 2 aromatic rings. The summed E-state index contributed by atoms with van der Waals surface area (Å²) in [6, 6.07) is 0.176. The molecule has 2 N–H and O–H groups in total. The number of aromatic amines is 1. The van der Waals surface area contributed by atoms with E-state index in [1.54, 1.807) is 0 Å². The number of aryl methyl sites for hydroxylation is 2. The van der Waals surface area contributed by atoms with Gasteiger partial charge in [-0.15, -0.1) is 17.8 Å². The van der Waals surface area contributed by atoms with E-state index in [4.69, 9.17) is 11.2 Å². The van der Waals surface area contributed by atoms with Crippen LogP contribution in [-0.4, -0.2) is 51.9 Å². The van der Waals surface area contributed by atoms with Gasteiger partial charge in [-0.05, 0) is 33.3 Å². The molecule has 1 unspecified atom stereocenters. The number of H-pyrrole nitrogens is 1. The topological polar surface area (TPSA) is 78.5 Å². The van der Waals surface area contributed by atoms with Crippen LogP contribution >= 0.6 is 11.3 Å². The molecule has 7 heteroatoms. The Balaban J connectivity index is 2.15. The van der Waals surface area contributed by atoms with Gasteiger partial charge in [-0.3, -0.25) is 9.69 Å². The number of aliphatic hydroxyl groups is 1. The Bertz CT molecular complexity index is 819. The van der Waals surface area contributed by atoms with Gasteiger partial charge in [0, 0.05) is 17.5 Å². The minimum absolute atomic E-state index is 0.108. The first-order valence-electron chi connectivity index (χ1n) is 8.25. The number of terminal acetylenes is 1. The van der Waals surface area contributed by atoms with Crippen LogP contribution in [0.25, 0.3) is 10.2 Å². The fraction of sp³-hybridized carbons (Fsp3) is 0.556. The van der Waals surface area contributed by atoms with E-state index in [0.717, 1.165) is 15.3 Å². The highest BCUT2D eigenvalue weighted by molar-refractivity contribution is 7.18. The van der Waals surface area contributed by atoms with Gasteiger partial charge in [0.1, 0.15) is 17.3 Å². The highest BCUT2D eigenvalue weighted by atomic mass is 32.1. The maximum atomic E-state index is 12.4. The fourth-order valence-corrected chi connectivity index (χ4v) is 3.65. The molecule has 2 rings (SSSR count). The highest BCUT2D eigenvalue weighted by Gasteiger charge is 2.18. The molecule has 0 aliphatic carbocycles. The lowest BCUT2D eigenvalue weighted by Gasteiger charge is -2.28. The van der Waals surface area contributed by atoms with E-state index in [0.29, 0.717) is 24.3 Å². The summed E-state index contributed by atoms with van der Waals surface area (Å²) in [5.74, 6) is 2.97. The Morgan fingerprint density at radius 2 is 2.16 bits per heavy atom. The predicted octanol–water partition coefficient (Wildman–Crippen LogP) is 1.82. The van der Waals surface area contributed by atoms with Crippen LogP contribution in [0.3, 0.4) is 0 Å². The second-order valence-corrected chi connectivity index (χ2v) is 7.58. The first-order valence-corrected chi connectivity index (χ1v) is 9.07. The average molecular weight is 363 g/mol. The Morgan fingerprint density at radius 3 is 2.80 bits per heavy atom. The molecule has 2 aromatic heterocycles. The smallest absolute Gasteiger partial charge is 0.259 e. The highest BCUT2D eigenvalue weighted by Crippen LogP contribution is 2.25. The second kappa shape index (κ2) is 8.59. The van der Waals surface area contributed by atoms with Crippen LogP contribution in [-0.2, 0) is 11.3 Å². The van der Waals surface area contributed by atoms with E-state index in [2.05, 4.69) is 15.9 Å². The van der Waals surface area contributed by atoms with Crippen LogP contribution in [0.15, 0.2) is 4.79 Å². The number of aromatic nitrogens is 2. The molecule has 0 spiro atoms. The molecule has 136 valence electrons. The minimum Gasteiger partial charge on any atom is -0.389 e. The normalized spacial score (nSPS) is 12.9. The molecule has 0 amide bonds. The number of fused-ring (bicyclic) bond motifs is 1. The predicted molar refractivity (Wildman–Crippen MR) is 101 cm³/mol. The van der Waals surface area contributed by atoms with Gasteiger partial charge >= 0.3 is 0 Å². The Hall–Kier alpha value is -1.72. The quantitative estimate of drug-likeness (QED) is 0.553. The number of ether oxygens (including phenoxy) is 1. The van der Waals surface area contributed by atoms with E-state index >= 15 is 0 Å². The van der Waals surface area contributed by atoms with E-state index in [1.165, 1.54) is 11.3 Å². The van der Waals surface area contributed by atoms with Crippen molar-refractivity contribution in [2.24, 2.45) is 0 Å².